The summed E-state index contributed by atoms with van der Waals surface area (Å²) in [6.07, 6.45) is 8.45. The van der Waals surface area contributed by atoms with Gasteiger partial charge in [0, 0.05) is 75.8 Å². The molecule has 13 nitrogen and oxygen atoms in total. The van der Waals surface area contributed by atoms with Crippen LogP contribution in [0, 0.1) is 23.2 Å². The quantitative estimate of drug-likeness (QED) is 0.0980. The molecule has 3 aliphatic rings. The van der Waals surface area contributed by atoms with Gasteiger partial charge in [0.1, 0.15) is 22.8 Å². The molecule has 0 bridgehead atoms. The van der Waals surface area contributed by atoms with Crippen molar-refractivity contribution < 1.29 is 22.7 Å². The molecule has 4 heterocycles. The van der Waals surface area contributed by atoms with Crippen molar-refractivity contribution in [2.75, 3.05) is 62.7 Å². The third kappa shape index (κ3) is 9.56. The van der Waals surface area contributed by atoms with Gasteiger partial charge in [-0.25, -0.2) is 18.1 Å². The molecule has 0 saturated carbocycles. The number of carbonyl (C=O) groups excluding carboxylic acids is 1. The van der Waals surface area contributed by atoms with E-state index in [2.05, 4.69) is 80.0 Å². The molecule has 8 rings (SSSR count). The Morgan fingerprint density at radius 3 is 2.55 bits per heavy atom. The van der Waals surface area contributed by atoms with Gasteiger partial charge >= 0.3 is 0 Å². The van der Waals surface area contributed by atoms with Gasteiger partial charge < -0.3 is 24.7 Å². The second kappa shape index (κ2) is 17.6. The summed E-state index contributed by atoms with van der Waals surface area (Å²) in [5, 5.41) is 7.12. The van der Waals surface area contributed by atoms with Crippen LogP contribution in [0.25, 0.3) is 16.6 Å². The molecule has 0 spiro atoms. The minimum Gasteiger partial charge on any atom is -0.455 e. The molecular weight excluding hydrogens is 779 g/mol. The molecule has 5 aromatic rings. The van der Waals surface area contributed by atoms with E-state index in [9.17, 15) is 18.1 Å². The Morgan fingerprint density at radius 2 is 1.78 bits per heavy atom. The van der Waals surface area contributed by atoms with E-state index in [1.807, 2.05) is 12.1 Å². The number of hydrogen-bond donors (Lipinski definition) is 3. The summed E-state index contributed by atoms with van der Waals surface area (Å²) in [7, 11) is -4.42. The Balaban J connectivity index is 0.995. The lowest BCUT2D eigenvalue weighted by atomic mass is 9.72. The molecule has 1 aliphatic carbocycles. The first-order chi connectivity index (χ1) is 28.9. The Bertz CT molecular complexity index is 2500. The fourth-order valence-electron chi connectivity index (χ4n) is 8.43. The van der Waals surface area contributed by atoms with Crippen molar-refractivity contribution in [2.45, 2.75) is 57.8 Å². The summed E-state index contributed by atoms with van der Waals surface area (Å²) in [5.74, 6) is 0.0527. The topological polar surface area (TPSA) is 158 Å². The molecule has 314 valence electrons. The standard InChI is InChI=1S/C46H53N7O6S/c1-31-4-6-33(7-5-31)40-27-46(2,3)16-12-35(40)30-52-18-20-53(21-19-52)36-8-10-39(43(25-36)59-37-24-34-13-17-47-44(34)49-29-37)45(54)51-60(56,57)38-9-11-41(42(26-38)50-55)48-28-32-14-22-58-23-15-32/h4-11,13,17,24-26,29,32,48H,12,14-16,18-23,27-28,30H2,1-3H3,(H,47,49)(H,51,54). The highest BCUT2D eigenvalue weighted by molar-refractivity contribution is 7.90. The Kier molecular flexibility index (Phi) is 12.1. The second-order valence-electron chi connectivity index (χ2n) is 17.1. The Hall–Kier alpha value is -5.57. The summed E-state index contributed by atoms with van der Waals surface area (Å²) >= 11 is 0. The smallest absolute Gasteiger partial charge is 0.268 e. The van der Waals surface area contributed by atoms with Crippen molar-refractivity contribution in [3.63, 3.8) is 0 Å². The highest BCUT2D eigenvalue weighted by Crippen LogP contribution is 2.43. The number of piperazine rings is 1. The molecule has 0 atom stereocenters. The average Bonchev–Trinajstić information content (AvgIpc) is 3.72. The molecule has 2 fully saturated rings. The van der Waals surface area contributed by atoms with Gasteiger partial charge in [0.05, 0.1) is 22.3 Å². The molecule has 0 radical (unpaired) electrons. The van der Waals surface area contributed by atoms with E-state index < -0.39 is 15.9 Å². The highest BCUT2D eigenvalue weighted by atomic mass is 32.2. The number of benzene rings is 3. The van der Waals surface area contributed by atoms with Crippen LogP contribution in [0.1, 0.15) is 67.4 Å². The van der Waals surface area contributed by atoms with E-state index in [4.69, 9.17) is 9.47 Å². The van der Waals surface area contributed by atoms with Crippen LogP contribution in [0.3, 0.4) is 0 Å². The average molecular weight is 832 g/mol. The van der Waals surface area contributed by atoms with Crippen molar-refractivity contribution >= 4 is 49.6 Å². The van der Waals surface area contributed by atoms with Crippen LogP contribution in [-0.4, -0.2) is 81.7 Å². The zero-order valence-electron chi connectivity index (χ0n) is 34.5. The molecule has 0 unspecified atom stereocenters. The first-order valence-electron chi connectivity index (χ1n) is 20.8. The minimum absolute atomic E-state index is 0.0226. The summed E-state index contributed by atoms with van der Waals surface area (Å²) in [5.41, 5.74) is 7.78. The molecule has 60 heavy (non-hydrogen) atoms. The van der Waals surface area contributed by atoms with Crippen molar-refractivity contribution in [1.82, 2.24) is 19.6 Å². The fraction of sp³-hybridized carbons (Fsp3) is 0.391. The monoisotopic (exact) mass is 831 g/mol. The number of amides is 1. The zero-order valence-corrected chi connectivity index (χ0v) is 35.3. The van der Waals surface area contributed by atoms with Crippen molar-refractivity contribution in [1.29, 1.82) is 0 Å². The Labute approximate surface area is 351 Å². The van der Waals surface area contributed by atoms with Gasteiger partial charge in [-0.2, -0.15) is 0 Å². The largest absolute Gasteiger partial charge is 0.455 e. The second-order valence-corrected chi connectivity index (χ2v) is 18.7. The van der Waals surface area contributed by atoms with Gasteiger partial charge in [0.25, 0.3) is 15.9 Å². The van der Waals surface area contributed by atoms with Crippen LogP contribution in [-0.2, 0) is 14.8 Å². The van der Waals surface area contributed by atoms with E-state index in [1.54, 1.807) is 30.6 Å². The van der Waals surface area contributed by atoms with E-state index in [0.29, 0.717) is 42.8 Å². The first kappa shape index (κ1) is 41.2. The van der Waals surface area contributed by atoms with Crippen molar-refractivity contribution in [2.24, 2.45) is 16.5 Å². The fourth-order valence-corrected chi connectivity index (χ4v) is 9.41. The van der Waals surface area contributed by atoms with Gasteiger partial charge in [-0.15, -0.1) is 4.91 Å². The minimum atomic E-state index is -4.42. The molecular formula is C46H53N7O6S. The maximum atomic E-state index is 13.9. The maximum Gasteiger partial charge on any atom is 0.268 e. The van der Waals surface area contributed by atoms with E-state index in [-0.39, 0.29) is 27.3 Å². The van der Waals surface area contributed by atoms with Gasteiger partial charge in [0.15, 0.2) is 0 Å². The number of rotatable bonds is 13. The number of aromatic amines is 1. The molecule has 3 N–H and O–H groups in total. The van der Waals surface area contributed by atoms with E-state index >= 15 is 0 Å². The number of carbonyl (C=O) groups is 1. The number of H-pyrrole nitrogens is 1. The van der Waals surface area contributed by atoms with Gasteiger partial charge in [0.2, 0.25) is 0 Å². The lowest BCUT2D eigenvalue weighted by Gasteiger charge is -2.39. The lowest BCUT2D eigenvalue weighted by Crippen LogP contribution is -2.47. The number of ether oxygens (including phenoxy) is 2. The number of nitrogens with one attached hydrogen (secondary N) is 3. The summed E-state index contributed by atoms with van der Waals surface area (Å²) < 4.78 is 41.2. The van der Waals surface area contributed by atoms with Crippen LogP contribution in [0.15, 0.2) is 101 Å². The lowest BCUT2D eigenvalue weighted by molar-refractivity contribution is 0.0699. The van der Waals surface area contributed by atoms with Gasteiger partial charge in [-0.3, -0.25) is 9.69 Å². The summed E-state index contributed by atoms with van der Waals surface area (Å²) in [6, 6.07) is 21.8. The number of allylic oxidation sites excluding steroid dienone is 1. The number of nitrogens with zero attached hydrogens (tertiary/aromatic N) is 4. The van der Waals surface area contributed by atoms with Crippen LogP contribution < -0.4 is 19.7 Å². The van der Waals surface area contributed by atoms with Crippen LogP contribution in [0.4, 0.5) is 17.1 Å². The van der Waals surface area contributed by atoms with Crippen LogP contribution in [0.5, 0.6) is 11.5 Å². The molecule has 3 aromatic carbocycles. The number of anilines is 2. The van der Waals surface area contributed by atoms with E-state index in [1.165, 1.54) is 46.9 Å². The molecule has 1 amide bonds. The number of sulfonamides is 1. The third-order valence-electron chi connectivity index (χ3n) is 12.1. The van der Waals surface area contributed by atoms with Crippen molar-refractivity contribution in [3.05, 3.63) is 112 Å². The van der Waals surface area contributed by atoms with Crippen LogP contribution in [0.2, 0.25) is 0 Å². The third-order valence-corrected chi connectivity index (χ3v) is 13.4. The first-order valence-corrected chi connectivity index (χ1v) is 22.3. The molecule has 2 aliphatic heterocycles. The Morgan fingerprint density at radius 1 is 1.00 bits per heavy atom. The predicted octanol–water partition coefficient (Wildman–Crippen LogP) is 8.80. The van der Waals surface area contributed by atoms with Gasteiger partial charge in [-0.1, -0.05) is 49.2 Å². The predicted molar refractivity (Wildman–Crippen MR) is 236 cm³/mol. The SMILES string of the molecule is Cc1ccc(C2=C(CN3CCN(c4ccc(C(=O)NS(=O)(=O)c5ccc(NCC6CCOCC6)c(N=O)c5)c(Oc5cnc6[nH]ccc6c5)c4)CC3)CCC(C)(C)C2)cc1. The van der Waals surface area contributed by atoms with Crippen LogP contribution >= 0.6 is 0 Å². The summed E-state index contributed by atoms with van der Waals surface area (Å²) in [4.78, 5) is 37.8. The number of hydrogen-bond acceptors (Lipinski definition) is 11. The van der Waals surface area contributed by atoms with Crippen molar-refractivity contribution in [3.8, 4) is 11.5 Å². The number of fused-ring (bicyclic) bond motifs is 1. The molecule has 2 aromatic heterocycles. The summed E-state index contributed by atoms with van der Waals surface area (Å²) in [6.45, 7) is 13.0. The number of aromatic nitrogens is 2. The van der Waals surface area contributed by atoms with Gasteiger partial charge in [-0.05, 0) is 109 Å². The maximum absolute atomic E-state index is 13.9. The zero-order chi connectivity index (χ0) is 41.9. The molecule has 14 heteroatoms. The number of nitroso groups, excluding NO2 is 1. The number of aryl methyl sites for hydroxylation is 1. The normalized spacial score (nSPS) is 17.8. The molecule has 2 saturated heterocycles. The number of pyridine rings is 1. The highest BCUT2D eigenvalue weighted by Gasteiger charge is 2.30. The van der Waals surface area contributed by atoms with E-state index in [0.717, 1.165) is 69.5 Å².